The smallest absolute Gasteiger partial charge is 0.331 e. The molecule has 1 heterocycles. The Morgan fingerprint density at radius 1 is 1.44 bits per heavy atom. The summed E-state index contributed by atoms with van der Waals surface area (Å²) >= 11 is 0. The maximum Gasteiger partial charge on any atom is 0.331 e. The molecule has 0 spiro atoms. The van der Waals surface area contributed by atoms with E-state index in [-0.39, 0.29) is 19.1 Å². The van der Waals surface area contributed by atoms with E-state index in [0.717, 1.165) is 5.56 Å². The molecule has 1 unspecified atom stereocenters. The van der Waals surface area contributed by atoms with Crippen LogP contribution in [0.5, 0.6) is 0 Å². The molecule has 1 aromatic rings. The van der Waals surface area contributed by atoms with E-state index >= 15 is 0 Å². The number of morpholine rings is 1. The first-order valence-corrected chi connectivity index (χ1v) is 5.71. The van der Waals surface area contributed by atoms with Crippen LogP contribution in [0.15, 0.2) is 30.3 Å². The third-order valence-corrected chi connectivity index (χ3v) is 2.87. The predicted octanol–water partition coefficient (Wildman–Crippen LogP) is 0.587. The van der Waals surface area contributed by atoms with Crippen LogP contribution >= 0.6 is 0 Å². The molecule has 1 saturated heterocycles. The highest BCUT2D eigenvalue weighted by Crippen LogP contribution is 2.14. The average Bonchev–Trinajstić information content (AvgIpc) is 2.41. The Morgan fingerprint density at radius 3 is 2.83 bits per heavy atom. The van der Waals surface area contributed by atoms with Gasteiger partial charge in [-0.15, -0.1) is 0 Å². The second-order valence-electron chi connectivity index (χ2n) is 4.06. The second kappa shape index (κ2) is 5.64. The zero-order chi connectivity index (χ0) is 13.0. The van der Waals surface area contributed by atoms with Crippen molar-refractivity contribution in [3.05, 3.63) is 35.9 Å². The fraction of sp³-hybridized carbons (Fsp3) is 0.385. The number of nitrogens with zero attached hydrogens (tertiary/aromatic N) is 1. The van der Waals surface area contributed by atoms with Gasteiger partial charge in [-0.05, 0) is 5.56 Å². The van der Waals surface area contributed by atoms with Crippen molar-refractivity contribution in [3.8, 4) is 0 Å². The number of benzene rings is 1. The largest absolute Gasteiger partial charge is 0.467 e. The molecular weight excluding hydrogens is 234 g/mol. The standard InChI is InChI=1S/C13H15NO4/c1-17-13(16)11-8-18-9-12(15)14(11)7-10-5-3-2-4-6-10/h2-6,11H,7-9H2,1H3. The van der Waals surface area contributed by atoms with E-state index in [2.05, 4.69) is 0 Å². The molecule has 1 aliphatic rings. The minimum Gasteiger partial charge on any atom is -0.467 e. The molecule has 2 rings (SSSR count). The normalized spacial score (nSPS) is 19.7. The van der Waals surface area contributed by atoms with Gasteiger partial charge in [-0.1, -0.05) is 30.3 Å². The maximum absolute atomic E-state index is 11.8. The van der Waals surface area contributed by atoms with Gasteiger partial charge in [0.1, 0.15) is 6.61 Å². The van der Waals surface area contributed by atoms with Gasteiger partial charge in [-0.3, -0.25) is 4.79 Å². The Labute approximate surface area is 105 Å². The number of carbonyl (C=O) groups excluding carboxylic acids is 2. The van der Waals surface area contributed by atoms with Gasteiger partial charge in [-0.25, -0.2) is 4.79 Å². The molecule has 0 N–H and O–H groups in total. The number of methoxy groups -OCH3 is 1. The lowest BCUT2D eigenvalue weighted by molar-refractivity contribution is -0.165. The van der Waals surface area contributed by atoms with E-state index in [4.69, 9.17) is 9.47 Å². The minimum atomic E-state index is -0.656. The Balaban J connectivity index is 2.15. The van der Waals surface area contributed by atoms with Crippen LogP contribution in [0.2, 0.25) is 0 Å². The molecule has 0 saturated carbocycles. The first-order chi connectivity index (χ1) is 8.72. The quantitative estimate of drug-likeness (QED) is 0.736. The number of rotatable bonds is 3. The van der Waals surface area contributed by atoms with E-state index in [0.29, 0.717) is 6.54 Å². The molecule has 1 aliphatic heterocycles. The molecule has 1 aromatic carbocycles. The van der Waals surface area contributed by atoms with Gasteiger partial charge in [0.2, 0.25) is 5.91 Å². The summed E-state index contributed by atoms with van der Waals surface area (Å²) in [5.41, 5.74) is 0.974. The summed E-state index contributed by atoms with van der Waals surface area (Å²) in [5.74, 6) is -0.639. The lowest BCUT2D eigenvalue weighted by Crippen LogP contribution is -2.53. The van der Waals surface area contributed by atoms with Gasteiger partial charge < -0.3 is 14.4 Å². The molecule has 0 aliphatic carbocycles. The molecule has 1 fully saturated rings. The lowest BCUT2D eigenvalue weighted by Gasteiger charge is -2.33. The Bertz CT molecular complexity index is 432. The van der Waals surface area contributed by atoms with E-state index in [9.17, 15) is 9.59 Å². The highest BCUT2D eigenvalue weighted by Gasteiger charge is 2.34. The summed E-state index contributed by atoms with van der Waals surface area (Å²) in [7, 11) is 1.31. The number of carbonyl (C=O) groups is 2. The molecule has 5 heteroatoms. The van der Waals surface area contributed by atoms with Gasteiger partial charge in [0, 0.05) is 6.54 Å². The summed E-state index contributed by atoms with van der Waals surface area (Å²) < 4.78 is 9.79. The third-order valence-electron chi connectivity index (χ3n) is 2.87. The Hall–Kier alpha value is -1.88. The summed E-state index contributed by atoms with van der Waals surface area (Å²) in [6.07, 6.45) is 0. The fourth-order valence-electron chi connectivity index (χ4n) is 1.91. The Kier molecular flexibility index (Phi) is 3.94. The van der Waals surface area contributed by atoms with Crippen molar-refractivity contribution in [2.45, 2.75) is 12.6 Å². The first kappa shape index (κ1) is 12.6. The number of amides is 1. The van der Waals surface area contributed by atoms with Gasteiger partial charge >= 0.3 is 5.97 Å². The lowest BCUT2D eigenvalue weighted by atomic mass is 10.1. The van der Waals surface area contributed by atoms with Crippen LogP contribution in [0.25, 0.3) is 0 Å². The predicted molar refractivity (Wildman–Crippen MR) is 63.6 cm³/mol. The van der Waals surface area contributed by atoms with Crippen molar-refractivity contribution in [1.82, 2.24) is 4.90 Å². The van der Waals surface area contributed by atoms with Crippen LogP contribution in [-0.4, -0.2) is 43.1 Å². The van der Waals surface area contributed by atoms with Gasteiger partial charge in [-0.2, -0.15) is 0 Å². The monoisotopic (exact) mass is 249 g/mol. The molecular formula is C13H15NO4. The molecule has 1 amide bonds. The van der Waals surface area contributed by atoms with E-state index in [1.807, 2.05) is 30.3 Å². The molecule has 0 bridgehead atoms. The van der Waals surface area contributed by atoms with Crippen molar-refractivity contribution < 1.29 is 19.1 Å². The summed E-state index contributed by atoms with van der Waals surface area (Å²) in [6, 6.07) is 8.87. The van der Waals surface area contributed by atoms with Crippen LogP contribution in [0.4, 0.5) is 0 Å². The van der Waals surface area contributed by atoms with Crippen LogP contribution in [0.1, 0.15) is 5.56 Å². The van der Waals surface area contributed by atoms with Gasteiger partial charge in [0.05, 0.1) is 13.7 Å². The molecule has 0 radical (unpaired) electrons. The van der Waals surface area contributed by atoms with E-state index in [1.165, 1.54) is 12.0 Å². The molecule has 5 nitrogen and oxygen atoms in total. The topological polar surface area (TPSA) is 55.8 Å². The van der Waals surface area contributed by atoms with Crippen LogP contribution < -0.4 is 0 Å². The third kappa shape index (κ3) is 2.68. The van der Waals surface area contributed by atoms with Crippen molar-refractivity contribution >= 4 is 11.9 Å². The SMILES string of the molecule is COC(=O)C1COCC(=O)N1Cc1ccccc1. The number of ether oxygens (including phenoxy) is 2. The molecule has 96 valence electrons. The van der Waals surface area contributed by atoms with Crippen molar-refractivity contribution in [1.29, 1.82) is 0 Å². The Morgan fingerprint density at radius 2 is 2.17 bits per heavy atom. The summed E-state index contributed by atoms with van der Waals surface area (Å²) in [5, 5.41) is 0. The number of hydrogen-bond donors (Lipinski definition) is 0. The summed E-state index contributed by atoms with van der Waals surface area (Å²) in [4.78, 5) is 24.9. The van der Waals surface area contributed by atoms with Gasteiger partial charge in [0.15, 0.2) is 6.04 Å². The highest BCUT2D eigenvalue weighted by atomic mass is 16.5. The van der Waals surface area contributed by atoms with E-state index < -0.39 is 12.0 Å². The first-order valence-electron chi connectivity index (χ1n) is 5.71. The maximum atomic E-state index is 11.8. The minimum absolute atomic E-state index is 0.0142. The van der Waals surface area contributed by atoms with Crippen molar-refractivity contribution in [3.63, 3.8) is 0 Å². The molecule has 1 atom stereocenters. The van der Waals surface area contributed by atoms with Crippen LogP contribution in [0.3, 0.4) is 0 Å². The fourth-order valence-corrected chi connectivity index (χ4v) is 1.91. The zero-order valence-corrected chi connectivity index (χ0v) is 10.2. The molecule has 0 aromatic heterocycles. The van der Waals surface area contributed by atoms with Crippen LogP contribution in [0, 0.1) is 0 Å². The summed E-state index contributed by atoms with van der Waals surface area (Å²) in [6.45, 7) is 0.592. The number of esters is 1. The average molecular weight is 249 g/mol. The zero-order valence-electron chi connectivity index (χ0n) is 10.2. The van der Waals surface area contributed by atoms with Crippen LogP contribution in [-0.2, 0) is 25.6 Å². The molecule has 18 heavy (non-hydrogen) atoms. The van der Waals surface area contributed by atoms with Gasteiger partial charge in [0.25, 0.3) is 0 Å². The van der Waals surface area contributed by atoms with E-state index in [1.54, 1.807) is 0 Å². The van der Waals surface area contributed by atoms with Crippen molar-refractivity contribution in [2.75, 3.05) is 20.3 Å². The highest BCUT2D eigenvalue weighted by molar-refractivity contribution is 5.86. The second-order valence-corrected chi connectivity index (χ2v) is 4.06. The van der Waals surface area contributed by atoms with Crippen molar-refractivity contribution in [2.24, 2.45) is 0 Å². The number of hydrogen-bond acceptors (Lipinski definition) is 4.